The van der Waals surface area contributed by atoms with Crippen LogP contribution in [0.25, 0.3) is 17.3 Å². The molecule has 3 rings (SSSR count). The van der Waals surface area contributed by atoms with Crippen molar-refractivity contribution in [2.75, 3.05) is 0 Å². The maximum absolute atomic E-state index is 6.14. The molecule has 0 atom stereocenters. The minimum atomic E-state index is 0.0616. The first kappa shape index (κ1) is 13.3. The highest BCUT2D eigenvalue weighted by molar-refractivity contribution is 6.36. The molecule has 0 fully saturated rings. The van der Waals surface area contributed by atoms with Crippen LogP contribution in [0.4, 0.5) is 0 Å². The molecule has 3 aromatic rings. The van der Waals surface area contributed by atoms with Crippen molar-refractivity contribution in [3.63, 3.8) is 0 Å². The van der Waals surface area contributed by atoms with Crippen molar-refractivity contribution in [2.24, 2.45) is 0 Å². The van der Waals surface area contributed by atoms with Crippen LogP contribution in [0.15, 0.2) is 36.7 Å². The summed E-state index contributed by atoms with van der Waals surface area (Å²) in [6.07, 6.45) is 3.32. The van der Waals surface area contributed by atoms with E-state index in [9.17, 15) is 0 Å². The molecule has 5 nitrogen and oxygen atoms in total. The molecule has 8 heteroatoms. The molecule has 0 bridgehead atoms. The SMILES string of the molecule is Clc1ccc(-c2nc(Cl)nc(-n3cccn3)n2)c(Cl)c1. The Labute approximate surface area is 129 Å². The third-order valence-corrected chi connectivity index (χ3v) is 3.19. The lowest BCUT2D eigenvalue weighted by atomic mass is 10.2. The van der Waals surface area contributed by atoms with E-state index in [1.165, 1.54) is 4.68 Å². The Morgan fingerprint density at radius 3 is 2.55 bits per heavy atom. The highest BCUT2D eigenvalue weighted by Gasteiger charge is 2.12. The molecule has 20 heavy (non-hydrogen) atoms. The summed E-state index contributed by atoms with van der Waals surface area (Å²) in [7, 11) is 0. The van der Waals surface area contributed by atoms with Crippen LogP contribution in [0.2, 0.25) is 15.3 Å². The van der Waals surface area contributed by atoms with Crippen LogP contribution in [-0.4, -0.2) is 24.7 Å². The van der Waals surface area contributed by atoms with E-state index < -0.39 is 0 Å². The first-order valence-corrected chi connectivity index (χ1v) is 6.64. The maximum Gasteiger partial charge on any atom is 0.255 e. The normalized spacial score (nSPS) is 10.8. The Balaban J connectivity index is 2.14. The summed E-state index contributed by atoms with van der Waals surface area (Å²) in [6.45, 7) is 0. The fourth-order valence-corrected chi connectivity index (χ4v) is 2.27. The van der Waals surface area contributed by atoms with Crippen molar-refractivity contribution in [3.8, 4) is 17.3 Å². The molecule has 0 unspecified atom stereocenters. The van der Waals surface area contributed by atoms with Crippen molar-refractivity contribution in [3.05, 3.63) is 52.0 Å². The van der Waals surface area contributed by atoms with Crippen LogP contribution < -0.4 is 0 Å². The summed E-state index contributed by atoms with van der Waals surface area (Å²) in [5.41, 5.74) is 0.619. The molecule has 0 amide bonds. The van der Waals surface area contributed by atoms with E-state index in [1.54, 1.807) is 36.7 Å². The molecule has 2 heterocycles. The van der Waals surface area contributed by atoms with Gasteiger partial charge >= 0.3 is 0 Å². The molecule has 0 radical (unpaired) electrons. The van der Waals surface area contributed by atoms with Gasteiger partial charge in [-0.2, -0.15) is 20.1 Å². The van der Waals surface area contributed by atoms with E-state index in [0.717, 1.165) is 0 Å². The highest BCUT2D eigenvalue weighted by atomic mass is 35.5. The van der Waals surface area contributed by atoms with E-state index in [1.807, 2.05) is 0 Å². The van der Waals surface area contributed by atoms with Gasteiger partial charge in [-0.1, -0.05) is 23.2 Å². The molecule has 100 valence electrons. The van der Waals surface area contributed by atoms with Crippen molar-refractivity contribution in [1.82, 2.24) is 24.7 Å². The van der Waals surface area contributed by atoms with Gasteiger partial charge in [-0.25, -0.2) is 4.68 Å². The lowest BCUT2D eigenvalue weighted by Crippen LogP contribution is -2.05. The van der Waals surface area contributed by atoms with Crippen LogP contribution in [-0.2, 0) is 0 Å². The summed E-state index contributed by atoms with van der Waals surface area (Å²) in [4.78, 5) is 12.4. The predicted molar refractivity (Wildman–Crippen MR) is 77.4 cm³/mol. The van der Waals surface area contributed by atoms with Crippen LogP contribution in [0.5, 0.6) is 0 Å². The molecule has 0 aliphatic heterocycles. The van der Waals surface area contributed by atoms with Gasteiger partial charge in [0.2, 0.25) is 5.28 Å². The third kappa shape index (κ3) is 2.60. The monoisotopic (exact) mass is 325 g/mol. The van der Waals surface area contributed by atoms with Gasteiger partial charge < -0.3 is 0 Å². The van der Waals surface area contributed by atoms with Crippen LogP contribution in [0.1, 0.15) is 0 Å². The first-order chi connectivity index (χ1) is 9.63. The van der Waals surface area contributed by atoms with E-state index in [-0.39, 0.29) is 5.28 Å². The van der Waals surface area contributed by atoms with Gasteiger partial charge in [0.1, 0.15) is 0 Å². The lowest BCUT2D eigenvalue weighted by molar-refractivity contribution is 0.798. The van der Waals surface area contributed by atoms with Gasteiger partial charge in [-0.05, 0) is 35.9 Å². The van der Waals surface area contributed by atoms with Gasteiger partial charge in [0.15, 0.2) is 5.82 Å². The summed E-state index contributed by atoms with van der Waals surface area (Å²) >= 11 is 17.9. The summed E-state index contributed by atoms with van der Waals surface area (Å²) in [5.74, 6) is 0.674. The van der Waals surface area contributed by atoms with E-state index in [2.05, 4.69) is 20.1 Å². The fraction of sp³-hybridized carbons (Fsp3) is 0. The number of nitrogens with zero attached hydrogens (tertiary/aromatic N) is 5. The second kappa shape index (κ2) is 5.36. The summed E-state index contributed by atoms with van der Waals surface area (Å²) in [6, 6.07) is 6.80. The number of hydrogen-bond acceptors (Lipinski definition) is 4. The average Bonchev–Trinajstić information content (AvgIpc) is 2.91. The van der Waals surface area contributed by atoms with Crippen molar-refractivity contribution in [2.45, 2.75) is 0 Å². The zero-order chi connectivity index (χ0) is 14.1. The zero-order valence-corrected chi connectivity index (χ0v) is 12.1. The highest BCUT2D eigenvalue weighted by Crippen LogP contribution is 2.28. The molecule has 0 saturated carbocycles. The second-order valence-corrected chi connectivity index (χ2v) is 4.98. The summed E-state index contributed by atoms with van der Waals surface area (Å²) < 4.78 is 1.49. The zero-order valence-electron chi connectivity index (χ0n) is 9.83. The van der Waals surface area contributed by atoms with E-state index >= 15 is 0 Å². The Hall–Kier alpha value is -1.69. The number of hydrogen-bond donors (Lipinski definition) is 0. The van der Waals surface area contributed by atoms with Gasteiger partial charge in [0.05, 0.1) is 5.02 Å². The second-order valence-electron chi connectivity index (χ2n) is 3.80. The molecule has 0 spiro atoms. The smallest absolute Gasteiger partial charge is 0.206 e. The van der Waals surface area contributed by atoms with Crippen molar-refractivity contribution in [1.29, 1.82) is 0 Å². The van der Waals surface area contributed by atoms with Gasteiger partial charge in [-0.3, -0.25) is 0 Å². The van der Waals surface area contributed by atoms with Gasteiger partial charge in [0, 0.05) is 23.0 Å². The number of aromatic nitrogens is 5. The molecule has 0 saturated heterocycles. The Morgan fingerprint density at radius 1 is 1.00 bits per heavy atom. The predicted octanol–water partition coefficient (Wildman–Crippen LogP) is 3.68. The Kier molecular flexibility index (Phi) is 3.56. The van der Waals surface area contributed by atoms with E-state index in [0.29, 0.717) is 27.4 Å². The Morgan fingerprint density at radius 2 is 1.85 bits per heavy atom. The Bertz CT molecular complexity index is 758. The maximum atomic E-state index is 6.14. The molecule has 0 aliphatic rings. The lowest BCUT2D eigenvalue weighted by Gasteiger charge is -2.06. The molecule has 0 aliphatic carbocycles. The number of benzene rings is 1. The van der Waals surface area contributed by atoms with Crippen molar-refractivity contribution < 1.29 is 0 Å². The molecular formula is C12H6Cl3N5. The van der Waals surface area contributed by atoms with Gasteiger partial charge in [0.25, 0.3) is 5.95 Å². The van der Waals surface area contributed by atoms with Crippen LogP contribution >= 0.6 is 34.8 Å². The minimum absolute atomic E-state index is 0.0616. The molecule has 2 aromatic heterocycles. The first-order valence-electron chi connectivity index (χ1n) is 5.50. The fourth-order valence-electron chi connectivity index (χ4n) is 1.62. The molecule has 0 N–H and O–H groups in total. The molecular weight excluding hydrogens is 321 g/mol. The van der Waals surface area contributed by atoms with Gasteiger partial charge in [-0.15, -0.1) is 0 Å². The van der Waals surface area contributed by atoms with Crippen molar-refractivity contribution >= 4 is 34.8 Å². The van der Waals surface area contributed by atoms with E-state index in [4.69, 9.17) is 34.8 Å². The topological polar surface area (TPSA) is 56.5 Å². The average molecular weight is 327 g/mol. The standard InChI is InChI=1S/C12H6Cl3N5/c13-7-2-3-8(9(14)6-7)10-17-11(15)19-12(18-10)20-5-1-4-16-20/h1-6H. The van der Waals surface area contributed by atoms with Crippen LogP contribution in [0, 0.1) is 0 Å². The molecule has 1 aromatic carbocycles. The largest absolute Gasteiger partial charge is 0.255 e. The third-order valence-electron chi connectivity index (χ3n) is 2.48. The number of rotatable bonds is 2. The summed E-state index contributed by atoms with van der Waals surface area (Å²) in [5, 5.41) is 5.08. The number of halogens is 3. The quantitative estimate of drug-likeness (QED) is 0.721. The van der Waals surface area contributed by atoms with Crippen LogP contribution in [0.3, 0.4) is 0 Å². The minimum Gasteiger partial charge on any atom is -0.206 e.